The maximum Gasteiger partial charge on any atom is 0.387 e. The van der Waals surface area contributed by atoms with Gasteiger partial charge in [0.1, 0.15) is 12.3 Å². The minimum absolute atomic E-state index is 0.0528. The molecule has 0 aliphatic carbocycles. The molecule has 1 aliphatic heterocycles. The van der Waals surface area contributed by atoms with Crippen LogP contribution >= 0.6 is 0 Å². The van der Waals surface area contributed by atoms with E-state index in [9.17, 15) is 13.6 Å². The molecule has 1 amide bonds. The molecule has 2 N–H and O–H groups in total. The summed E-state index contributed by atoms with van der Waals surface area (Å²) < 4.78 is 29.1. The molecule has 1 heterocycles. The predicted octanol–water partition coefficient (Wildman–Crippen LogP) is 2.68. The van der Waals surface area contributed by atoms with Crippen LogP contribution in [0.1, 0.15) is 32.6 Å². The number of amides is 1. The van der Waals surface area contributed by atoms with Gasteiger partial charge in [0.2, 0.25) is 5.91 Å². The van der Waals surface area contributed by atoms with E-state index in [2.05, 4.69) is 32.2 Å². The Balaban J connectivity index is 1.98. The van der Waals surface area contributed by atoms with Crippen molar-refractivity contribution in [1.82, 2.24) is 15.5 Å². The van der Waals surface area contributed by atoms with Crippen LogP contribution in [-0.2, 0) is 4.79 Å². The van der Waals surface area contributed by atoms with E-state index < -0.39 is 6.61 Å². The average molecular weight is 426 g/mol. The lowest BCUT2D eigenvalue weighted by molar-refractivity contribution is -0.127. The second-order valence-corrected chi connectivity index (χ2v) is 7.54. The topological polar surface area (TPSA) is 69.2 Å². The van der Waals surface area contributed by atoms with Crippen LogP contribution in [0.3, 0.4) is 0 Å². The molecule has 1 fully saturated rings. The first-order chi connectivity index (χ1) is 14.4. The standard InChI is InChI=1S/C21H33F2N5O2/c1-4-5-12-24-21(25-14-19(29)27(2)3)26-16-7-6-13-28(15-16)17-8-10-18(11-9-17)30-20(22)23/h8-11,16,20H,4-7,12-15H2,1-3H3,(H2,24,25,26). The van der Waals surface area contributed by atoms with Gasteiger partial charge in [-0.3, -0.25) is 4.79 Å². The van der Waals surface area contributed by atoms with Crippen LogP contribution in [-0.4, -0.2) is 69.7 Å². The van der Waals surface area contributed by atoms with Crippen LogP contribution in [0.2, 0.25) is 0 Å². The first-order valence-corrected chi connectivity index (χ1v) is 10.4. The number of anilines is 1. The van der Waals surface area contributed by atoms with Crippen molar-refractivity contribution in [2.24, 2.45) is 4.99 Å². The Morgan fingerprint density at radius 3 is 2.70 bits per heavy atom. The quantitative estimate of drug-likeness (QED) is 0.362. The number of unbranched alkanes of at least 4 members (excludes halogenated alkanes) is 1. The fourth-order valence-electron chi connectivity index (χ4n) is 3.19. The zero-order valence-corrected chi connectivity index (χ0v) is 18.0. The van der Waals surface area contributed by atoms with Gasteiger partial charge in [0, 0.05) is 45.5 Å². The van der Waals surface area contributed by atoms with Crippen molar-refractivity contribution in [3.8, 4) is 5.75 Å². The number of nitrogens with zero attached hydrogens (tertiary/aromatic N) is 3. The first kappa shape index (κ1) is 23.7. The molecule has 0 bridgehead atoms. The number of hydrogen-bond acceptors (Lipinski definition) is 4. The Morgan fingerprint density at radius 2 is 2.07 bits per heavy atom. The van der Waals surface area contributed by atoms with Gasteiger partial charge in [0.05, 0.1) is 0 Å². The van der Waals surface area contributed by atoms with Gasteiger partial charge in [0.25, 0.3) is 0 Å². The van der Waals surface area contributed by atoms with E-state index in [1.165, 1.54) is 4.90 Å². The Labute approximate surface area is 177 Å². The molecule has 1 aromatic carbocycles. The third kappa shape index (κ3) is 8.04. The smallest absolute Gasteiger partial charge is 0.387 e. The Bertz CT molecular complexity index is 682. The highest BCUT2D eigenvalue weighted by molar-refractivity contribution is 5.85. The van der Waals surface area contributed by atoms with Gasteiger partial charge in [-0.05, 0) is 43.5 Å². The normalized spacial score (nSPS) is 17.1. The number of benzene rings is 1. The zero-order valence-electron chi connectivity index (χ0n) is 18.0. The van der Waals surface area contributed by atoms with Crippen LogP contribution in [0.25, 0.3) is 0 Å². The molecular formula is C21H33F2N5O2. The van der Waals surface area contributed by atoms with Gasteiger partial charge in [-0.1, -0.05) is 13.3 Å². The number of ether oxygens (including phenoxy) is 1. The summed E-state index contributed by atoms with van der Waals surface area (Å²) in [5, 5.41) is 6.75. The Morgan fingerprint density at radius 1 is 1.33 bits per heavy atom. The second-order valence-electron chi connectivity index (χ2n) is 7.54. The van der Waals surface area contributed by atoms with Crippen molar-refractivity contribution in [3.63, 3.8) is 0 Å². The van der Waals surface area contributed by atoms with Crippen LogP contribution in [0.4, 0.5) is 14.5 Å². The molecule has 7 nitrogen and oxygen atoms in total. The van der Waals surface area contributed by atoms with Crippen LogP contribution in [0.5, 0.6) is 5.75 Å². The summed E-state index contributed by atoms with van der Waals surface area (Å²) in [4.78, 5) is 20.1. The van der Waals surface area contributed by atoms with Crippen molar-refractivity contribution in [2.75, 3.05) is 45.2 Å². The summed E-state index contributed by atoms with van der Waals surface area (Å²) in [6, 6.07) is 6.88. The molecule has 9 heteroatoms. The molecule has 0 spiro atoms. The molecule has 30 heavy (non-hydrogen) atoms. The lowest BCUT2D eigenvalue weighted by atomic mass is 10.0. The number of nitrogens with one attached hydrogen (secondary N) is 2. The van der Waals surface area contributed by atoms with E-state index in [0.717, 1.165) is 51.0 Å². The lowest BCUT2D eigenvalue weighted by Crippen LogP contribution is -2.51. The third-order valence-corrected chi connectivity index (χ3v) is 4.88. The summed E-state index contributed by atoms with van der Waals surface area (Å²) in [7, 11) is 3.43. The van der Waals surface area contributed by atoms with Gasteiger partial charge >= 0.3 is 6.61 Å². The van der Waals surface area contributed by atoms with Gasteiger partial charge in [-0.2, -0.15) is 8.78 Å². The molecule has 1 atom stereocenters. The number of piperidine rings is 1. The first-order valence-electron chi connectivity index (χ1n) is 10.4. The number of alkyl halides is 2. The number of halogens is 2. The third-order valence-electron chi connectivity index (χ3n) is 4.88. The van der Waals surface area contributed by atoms with Crippen LogP contribution < -0.4 is 20.3 Å². The largest absolute Gasteiger partial charge is 0.435 e. The van der Waals surface area contributed by atoms with E-state index in [1.54, 1.807) is 38.4 Å². The molecule has 0 radical (unpaired) electrons. The highest BCUT2D eigenvalue weighted by Gasteiger charge is 2.21. The molecular weight excluding hydrogens is 392 g/mol. The lowest BCUT2D eigenvalue weighted by Gasteiger charge is -2.35. The molecule has 1 unspecified atom stereocenters. The monoisotopic (exact) mass is 425 g/mol. The number of rotatable bonds is 9. The molecule has 2 rings (SSSR count). The van der Waals surface area contributed by atoms with Crippen LogP contribution in [0.15, 0.2) is 29.3 Å². The summed E-state index contributed by atoms with van der Waals surface area (Å²) in [6.45, 7) is 1.83. The highest BCUT2D eigenvalue weighted by atomic mass is 19.3. The summed E-state index contributed by atoms with van der Waals surface area (Å²) in [6.07, 6.45) is 4.07. The number of aliphatic imine (C=N–C) groups is 1. The van der Waals surface area contributed by atoms with Crippen molar-refractivity contribution in [3.05, 3.63) is 24.3 Å². The van der Waals surface area contributed by atoms with Gasteiger partial charge in [-0.15, -0.1) is 0 Å². The van der Waals surface area contributed by atoms with E-state index in [0.29, 0.717) is 5.96 Å². The molecule has 1 aromatic rings. The Hall–Kier alpha value is -2.58. The minimum Gasteiger partial charge on any atom is -0.435 e. The van der Waals surface area contributed by atoms with Crippen molar-refractivity contribution >= 4 is 17.6 Å². The maximum atomic E-state index is 12.3. The van der Waals surface area contributed by atoms with Gasteiger partial charge < -0.3 is 25.2 Å². The Kier molecular flexibility index (Phi) is 9.63. The minimum atomic E-state index is -2.82. The molecule has 168 valence electrons. The SMILES string of the molecule is CCCCNC(=NCC(=O)N(C)C)NC1CCCN(c2ccc(OC(F)F)cc2)C1. The van der Waals surface area contributed by atoms with Crippen molar-refractivity contribution < 1.29 is 18.3 Å². The maximum absolute atomic E-state index is 12.3. The highest BCUT2D eigenvalue weighted by Crippen LogP contribution is 2.23. The summed E-state index contributed by atoms with van der Waals surface area (Å²) in [5.74, 6) is 0.745. The number of carbonyl (C=O) groups excluding carboxylic acids is 1. The second kappa shape index (κ2) is 12.2. The van der Waals surface area contributed by atoms with Gasteiger partial charge in [-0.25, -0.2) is 4.99 Å². The number of likely N-dealkylation sites (N-methyl/N-ethyl adjacent to an activating group) is 1. The van der Waals surface area contributed by atoms with E-state index in [-0.39, 0.29) is 24.2 Å². The summed E-state index contributed by atoms with van der Waals surface area (Å²) in [5.41, 5.74) is 0.961. The number of carbonyl (C=O) groups is 1. The molecule has 1 aliphatic rings. The van der Waals surface area contributed by atoms with Crippen molar-refractivity contribution in [1.29, 1.82) is 0 Å². The van der Waals surface area contributed by atoms with E-state index in [1.807, 2.05) is 0 Å². The average Bonchev–Trinajstić information content (AvgIpc) is 2.72. The zero-order chi connectivity index (χ0) is 21.9. The number of guanidine groups is 1. The molecule has 0 aromatic heterocycles. The van der Waals surface area contributed by atoms with Gasteiger partial charge in [0.15, 0.2) is 5.96 Å². The fraction of sp³-hybridized carbons (Fsp3) is 0.619. The molecule has 1 saturated heterocycles. The fourth-order valence-corrected chi connectivity index (χ4v) is 3.19. The number of hydrogen-bond donors (Lipinski definition) is 2. The van der Waals surface area contributed by atoms with E-state index >= 15 is 0 Å². The summed E-state index contributed by atoms with van der Waals surface area (Å²) >= 11 is 0. The molecule has 0 saturated carbocycles. The predicted molar refractivity (Wildman–Crippen MR) is 115 cm³/mol. The van der Waals surface area contributed by atoms with Crippen LogP contribution in [0, 0.1) is 0 Å². The van der Waals surface area contributed by atoms with E-state index in [4.69, 9.17) is 0 Å². The van der Waals surface area contributed by atoms with Crippen molar-refractivity contribution in [2.45, 2.75) is 45.3 Å².